The summed E-state index contributed by atoms with van der Waals surface area (Å²) < 4.78 is 121. The van der Waals surface area contributed by atoms with Crippen LogP contribution in [-0.2, 0) is 21.0 Å². The van der Waals surface area contributed by atoms with Crippen molar-refractivity contribution in [3.63, 3.8) is 0 Å². The van der Waals surface area contributed by atoms with Gasteiger partial charge in [0.1, 0.15) is 23.4 Å². The van der Waals surface area contributed by atoms with E-state index in [0.29, 0.717) is 31.9 Å². The Hall–Kier alpha value is -3.98. The number of sulfonamides is 1. The van der Waals surface area contributed by atoms with Gasteiger partial charge in [-0.05, 0) is 90.6 Å². The lowest BCUT2D eigenvalue weighted by Crippen LogP contribution is -2.62. The molecular formula is C34H32F6N2O6S. The van der Waals surface area contributed by atoms with Gasteiger partial charge in [-0.2, -0.15) is 22.0 Å². The lowest BCUT2D eigenvalue weighted by Gasteiger charge is -2.60. The number of halogens is 6. The molecule has 1 saturated heterocycles. The number of carboxylic acid groups (broad SMARTS) is 1. The van der Waals surface area contributed by atoms with E-state index in [4.69, 9.17) is 4.74 Å². The first-order valence-electron chi connectivity index (χ1n) is 15.8. The molecule has 15 heteroatoms. The fraction of sp³-hybridized carbons (Fsp3) is 0.441. The second-order valence-electron chi connectivity index (χ2n) is 13.4. The molecule has 2 heterocycles. The Morgan fingerprint density at radius 3 is 2.51 bits per heavy atom. The predicted molar refractivity (Wildman–Crippen MR) is 164 cm³/mol. The van der Waals surface area contributed by atoms with Crippen molar-refractivity contribution in [2.45, 2.75) is 62.4 Å². The summed E-state index contributed by atoms with van der Waals surface area (Å²) in [6, 6.07) is 10.5. The molecule has 0 aromatic heterocycles. The van der Waals surface area contributed by atoms with E-state index in [-0.39, 0.29) is 53.0 Å². The van der Waals surface area contributed by atoms with Gasteiger partial charge in [-0.15, -0.1) is 0 Å². The summed E-state index contributed by atoms with van der Waals surface area (Å²) in [6.07, 6.45) is -3.11. The van der Waals surface area contributed by atoms with Crippen LogP contribution in [0.15, 0.2) is 65.6 Å². The molecule has 4 aliphatic rings. The van der Waals surface area contributed by atoms with Crippen LogP contribution >= 0.6 is 0 Å². The lowest BCUT2D eigenvalue weighted by atomic mass is 9.44. The van der Waals surface area contributed by atoms with Crippen molar-refractivity contribution < 1.29 is 54.1 Å². The van der Waals surface area contributed by atoms with Crippen molar-refractivity contribution in [1.82, 2.24) is 4.90 Å². The largest absolute Gasteiger partial charge is 0.485 e. The zero-order valence-electron chi connectivity index (χ0n) is 26.1. The molecule has 0 radical (unpaired) electrons. The molecule has 8 nitrogen and oxygen atoms in total. The van der Waals surface area contributed by atoms with E-state index in [1.165, 1.54) is 18.2 Å². The van der Waals surface area contributed by atoms with Gasteiger partial charge in [0.25, 0.3) is 10.0 Å². The zero-order chi connectivity index (χ0) is 35.1. The monoisotopic (exact) mass is 710 g/mol. The number of benzene rings is 3. The van der Waals surface area contributed by atoms with E-state index in [1.54, 1.807) is 0 Å². The molecular weight excluding hydrogens is 678 g/mol. The summed E-state index contributed by atoms with van der Waals surface area (Å²) in [4.78, 5) is 14.0. The average Bonchev–Trinajstić information content (AvgIpc) is 3.11. The van der Waals surface area contributed by atoms with E-state index in [9.17, 15) is 44.7 Å². The highest BCUT2D eigenvalue weighted by Gasteiger charge is 2.75. The van der Waals surface area contributed by atoms with Crippen LogP contribution in [0.4, 0.5) is 32.0 Å². The summed E-state index contributed by atoms with van der Waals surface area (Å²) in [7, 11) is -4.65. The Balaban J connectivity index is 1.25. The number of carbonyl (C=O) groups is 1. The maximum absolute atomic E-state index is 14.4. The van der Waals surface area contributed by atoms with Crippen LogP contribution in [0, 0.1) is 22.6 Å². The van der Waals surface area contributed by atoms with Crippen molar-refractivity contribution >= 4 is 21.7 Å². The van der Waals surface area contributed by atoms with E-state index in [2.05, 4.69) is 9.64 Å². The number of fused-ring (bicyclic) bond motifs is 2. The number of ether oxygens (including phenoxy) is 2. The molecule has 2 aliphatic carbocycles. The molecule has 262 valence electrons. The lowest BCUT2D eigenvalue weighted by molar-refractivity contribution is -0.189. The third kappa shape index (κ3) is 5.40. The first kappa shape index (κ1) is 33.5. The molecule has 49 heavy (non-hydrogen) atoms. The Morgan fingerprint density at radius 2 is 1.82 bits per heavy atom. The number of rotatable bonds is 9. The third-order valence-electron chi connectivity index (χ3n) is 11.0. The number of nitrogens with zero attached hydrogens (tertiary/aromatic N) is 2. The number of likely N-dealkylation sites (tertiary alicyclic amines) is 1. The number of aliphatic carboxylic acids is 1. The van der Waals surface area contributed by atoms with Gasteiger partial charge in [0.05, 0.1) is 28.1 Å². The Bertz CT molecular complexity index is 1920. The molecule has 3 fully saturated rings. The first-order valence-corrected chi connectivity index (χ1v) is 17.2. The number of hydrogen-bond donors (Lipinski definition) is 1. The fourth-order valence-corrected chi connectivity index (χ4v) is 10.4. The smallest absolute Gasteiger partial charge is 0.416 e. The molecule has 0 spiro atoms. The summed E-state index contributed by atoms with van der Waals surface area (Å²) >= 11 is 0. The maximum atomic E-state index is 14.4. The van der Waals surface area contributed by atoms with Crippen LogP contribution in [-0.4, -0.2) is 62.8 Å². The predicted octanol–water partition coefficient (Wildman–Crippen LogP) is 7.03. The average molecular weight is 711 g/mol. The van der Waals surface area contributed by atoms with Gasteiger partial charge >= 0.3 is 18.8 Å². The van der Waals surface area contributed by atoms with Gasteiger partial charge in [0.15, 0.2) is 0 Å². The van der Waals surface area contributed by atoms with Gasteiger partial charge in [-0.1, -0.05) is 19.1 Å². The maximum Gasteiger partial charge on any atom is 0.416 e. The summed E-state index contributed by atoms with van der Waals surface area (Å²) in [5.41, 5.74) is -1.98. The Kier molecular flexibility index (Phi) is 7.89. The molecule has 7 rings (SSSR count). The molecule has 2 saturated carbocycles. The van der Waals surface area contributed by atoms with Crippen LogP contribution in [0.1, 0.15) is 38.2 Å². The Labute approximate surface area is 278 Å². The topological polar surface area (TPSA) is 96.4 Å². The molecule has 3 aromatic carbocycles. The molecule has 2 bridgehead atoms. The second-order valence-corrected chi connectivity index (χ2v) is 15.2. The van der Waals surface area contributed by atoms with Crippen LogP contribution < -0.4 is 13.8 Å². The summed E-state index contributed by atoms with van der Waals surface area (Å²) in [6.45, 7) is -0.647. The van der Waals surface area contributed by atoms with E-state index < -0.39 is 62.3 Å². The van der Waals surface area contributed by atoms with Gasteiger partial charge in [-0.25, -0.2) is 12.8 Å². The van der Waals surface area contributed by atoms with Crippen LogP contribution in [0.3, 0.4) is 0 Å². The number of anilines is 1. The van der Waals surface area contributed by atoms with Gasteiger partial charge in [-0.3, -0.25) is 14.0 Å². The van der Waals surface area contributed by atoms with E-state index in [1.807, 2.05) is 6.92 Å². The van der Waals surface area contributed by atoms with Crippen molar-refractivity contribution in [2.24, 2.45) is 16.7 Å². The first-order chi connectivity index (χ1) is 23.1. The number of alkyl halides is 5. The molecule has 2 aliphatic heterocycles. The molecule has 1 N–H and O–H groups in total. The molecule has 0 amide bonds. The highest BCUT2D eigenvalue weighted by molar-refractivity contribution is 7.92. The van der Waals surface area contributed by atoms with E-state index >= 15 is 0 Å². The van der Waals surface area contributed by atoms with Crippen molar-refractivity contribution in [2.75, 3.05) is 23.9 Å². The third-order valence-corrected chi connectivity index (χ3v) is 12.8. The SMILES string of the molecule is CCC12CC3CC1(C(=O)O)CC2CN3C[C@H]1CN(S(=O)(=O)c2cccc(C(F)(F)F)c2)c2cc(-c3cc(F)cc(OC(F)F)c3)ccc2O1. The van der Waals surface area contributed by atoms with E-state index in [0.717, 1.165) is 47.1 Å². The van der Waals surface area contributed by atoms with Crippen LogP contribution in [0.5, 0.6) is 11.5 Å². The van der Waals surface area contributed by atoms with Crippen LogP contribution in [0.25, 0.3) is 11.1 Å². The number of hydrogen-bond acceptors (Lipinski definition) is 6. The minimum absolute atomic E-state index is 0.0386. The zero-order valence-corrected chi connectivity index (χ0v) is 26.9. The van der Waals surface area contributed by atoms with Gasteiger partial charge in [0, 0.05) is 25.2 Å². The summed E-state index contributed by atoms with van der Waals surface area (Å²) in [5, 5.41) is 10.2. The Morgan fingerprint density at radius 1 is 1.04 bits per heavy atom. The summed E-state index contributed by atoms with van der Waals surface area (Å²) in [5.74, 6) is -1.90. The van der Waals surface area contributed by atoms with Crippen LogP contribution in [0.2, 0.25) is 0 Å². The van der Waals surface area contributed by atoms with Crippen molar-refractivity contribution in [1.29, 1.82) is 0 Å². The molecule has 5 atom stereocenters. The standard InChI is InChI=1S/C34H32F6N2O6S/c1-2-32-14-24-15-33(32,30(43)44)13-22(32)16-41(24)17-26-18-42(49(45,46)27-5-3-4-21(11-27)34(38,39)40)28-10-19(6-7-29(28)47-26)20-8-23(35)12-25(9-20)48-31(36)37/h3-12,22,24,26,31H,2,13-18H2,1H3,(H,43,44)/t22?,24?,26-,32?,33?/m0/s1. The normalized spacial score (nSPS) is 27.8. The van der Waals surface area contributed by atoms with Gasteiger partial charge in [0.2, 0.25) is 0 Å². The second kappa shape index (κ2) is 11.5. The minimum atomic E-state index is -4.81. The highest BCUT2D eigenvalue weighted by atomic mass is 32.2. The number of carboxylic acids is 1. The number of piperidine rings is 1. The minimum Gasteiger partial charge on any atom is -0.485 e. The van der Waals surface area contributed by atoms with Crippen molar-refractivity contribution in [3.05, 3.63) is 72.0 Å². The van der Waals surface area contributed by atoms with Gasteiger partial charge < -0.3 is 14.6 Å². The highest BCUT2D eigenvalue weighted by Crippen LogP contribution is 2.74. The quantitative estimate of drug-likeness (QED) is 0.238. The molecule has 4 unspecified atom stereocenters. The fourth-order valence-electron chi connectivity index (χ4n) is 8.87. The van der Waals surface area contributed by atoms with Crippen molar-refractivity contribution in [3.8, 4) is 22.6 Å². The molecule has 3 aromatic rings.